The minimum absolute atomic E-state index is 0.0514. The number of aryl methyl sites for hydroxylation is 1. The molecule has 1 aliphatic rings. The molecular weight excluding hydrogens is 418 g/mol. The van der Waals surface area contributed by atoms with E-state index in [4.69, 9.17) is 14.2 Å². The first kappa shape index (κ1) is 22.9. The number of carbonyl (C=O) groups excluding carboxylic acids is 1. The van der Waals surface area contributed by atoms with Gasteiger partial charge in [-0.15, -0.1) is 0 Å². The molecule has 1 aromatic heterocycles. The normalized spacial score (nSPS) is 14.1. The summed E-state index contributed by atoms with van der Waals surface area (Å²) in [6.45, 7) is 4.39. The van der Waals surface area contributed by atoms with Gasteiger partial charge in [-0.05, 0) is 50.5 Å². The highest BCUT2D eigenvalue weighted by Gasteiger charge is 2.29. The Hall–Kier alpha value is -3.32. The molecule has 4 rings (SSSR count). The summed E-state index contributed by atoms with van der Waals surface area (Å²) < 4.78 is 16.7. The van der Waals surface area contributed by atoms with Crippen molar-refractivity contribution in [2.45, 2.75) is 32.2 Å². The molecular formula is C26H31N3O4. The molecule has 1 aliphatic heterocycles. The number of carbonyl (C=O) groups is 1. The highest BCUT2D eigenvalue weighted by atomic mass is 16.5. The summed E-state index contributed by atoms with van der Waals surface area (Å²) in [5, 5.41) is 0. The average molecular weight is 450 g/mol. The maximum atomic E-state index is 13.6. The molecule has 0 bridgehead atoms. The molecule has 33 heavy (non-hydrogen) atoms. The van der Waals surface area contributed by atoms with Gasteiger partial charge < -0.3 is 24.1 Å². The predicted octanol–water partition coefficient (Wildman–Crippen LogP) is 4.48. The van der Waals surface area contributed by atoms with Gasteiger partial charge in [-0.1, -0.05) is 30.3 Å². The van der Waals surface area contributed by atoms with Crippen LogP contribution in [0.3, 0.4) is 0 Å². The van der Waals surface area contributed by atoms with Crippen molar-refractivity contribution in [2.24, 2.45) is 0 Å². The third kappa shape index (κ3) is 5.73. The van der Waals surface area contributed by atoms with Gasteiger partial charge in [-0.2, -0.15) is 0 Å². The lowest BCUT2D eigenvalue weighted by Gasteiger charge is -2.34. The van der Waals surface area contributed by atoms with E-state index in [2.05, 4.69) is 9.97 Å². The number of methoxy groups -OCH3 is 1. The molecule has 7 heteroatoms. The molecule has 2 heterocycles. The molecule has 0 spiro atoms. The fourth-order valence-corrected chi connectivity index (χ4v) is 4.10. The summed E-state index contributed by atoms with van der Waals surface area (Å²) in [6, 6.07) is 17.5. The van der Waals surface area contributed by atoms with E-state index < -0.39 is 0 Å². The SMILES string of the molecule is COc1cccc(-c2nc(C(=O)N(CCCOc3ccccc3)C3CCOCC3)c(C)[nH]2)c1. The van der Waals surface area contributed by atoms with Crippen LogP contribution >= 0.6 is 0 Å². The minimum Gasteiger partial charge on any atom is -0.497 e. The van der Waals surface area contributed by atoms with Crippen LogP contribution in [0.5, 0.6) is 11.5 Å². The van der Waals surface area contributed by atoms with E-state index >= 15 is 0 Å². The number of hydrogen-bond acceptors (Lipinski definition) is 5. The number of nitrogens with one attached hydrogen (secondary N) is 1. The summed E-state index contributed by atoms with van der Waals surface area (Å²) in [4.78, 5) is 23.5. The van der Waals surface area contributed by atoms with Crippen LogP contribution in [0.2, 0.25) is 0 Å². The van der Waals surface area contributed by atoms with Crippen LogP contribution in [0.25, 0.3) is 11.4 Å². The molecule has 1 fully saturated rings. The smallest absolute Gasteiger partial charge is 0.274 e. The Morgan fingerprint density at radius 3 is 2.64 bits per heavy atom. The van der Waals surface area contributed by atoms with Gasteiger partial charge in [0.25, 0.3) is 5.91 Å². The number of hydrogen-bond donors (Lipinski definition) is 1. The Balaban J connectivity index is 1.48. The van der Waals surface area contributed by atoms with Gasteiger partial charge in [-0.3, -0.25) is 4.79 Å². The zero-order chi connectivity index (χ0) is 23.0. The molecule has 0 aliphatic carbocycles. The molecule has 1 amide bonds. The first-order valence-electron chi connectivity index (χ1n) is 11.4. The standard InChI is InChI=1S/C26H31N3O4/c1-19-24(28-25(27-19)20-8-6-11-23(18-20)31-2)26(30)29(21-12-16-32-17-13-21)14-7-15-33-22-9-4-3-5-10-22/h3-6,8-11,18,21H,7,12-17H2,1-2H3,(H,27,28). The van der Waals surface area contributed by atoms with Crippen LogP contribution in [0, 0.1) is 6.92 Å². The molecule has 0 atom stereocenters. The van der Waals surface area contributed by atoms with E-state index in [0.717, 1.165) is 42.0 Å². The van der Waals surface area contributed by atoms with Gasteiger partial charge in [0, 0.05) is 37.1 Å². The number of amides is 1. The quantitative estimate of drug-likeness (QED) is 0.487. The van der Waals surface area contributed by atoms with Gasteiger partial charge >= 0.3 is 0 Å². The maximum Gasteiger partial charge on any atom is 0.274 e. The molecule has 7 nitrogen and oxygen atoms in total. The number of H-pyrrole nitrogens is 1. The molecule has 2 aromatic carbocycles. The van der Waals surface area contributed by atoms with Crippen LogP contribution in [-0.2, 0) is 4.74 Å². The molecule has 0 radical (unpaired) electrons. The van der Waals surface area contributed by atoms with Gasteiger partial charge in [0.1, 0.15) is 23.0 Å². The van der Waals surface area contributed by atoms with Crippen molar-refractivity contribution in [3.63, 3.8) is 0 Å². The van der Waals surface area contributed by atoms with Gasteiger partial charge in [0.05, 0.1) is 13.7 Å². The Labute approximate surface area is 194 Å². The highest BCUT2D eigenvalue weighted by Crippen LogP contribution is 2.25. The second-order valence-corrected chi connectivity index (χ2v) is 8.15. The predicted molar refractivity (Wildman–Crippen MR) is 127 cm³/mol. The van der Waals surface area contributed by atoms with Crippen molar-refractivity contribution < 1.29 is 19.0 Å². The van der Waals surface area contributed by atoms with E-state index in [1.807, 2.05) is 66.4 Å². The van der Waals surface area contributed by atoms with Crippen molar-refractivity contribution in [1.82, 2.24) is 14.9 Å². The van der Waals surface area contributed by atoms with Gasteiger partial charge in [0.2, 0.25) is 0 Å². The lowest BCUT2D eigenvalue weighted by molar-refractivity contribution is 0.0275. The number of aromatic amines is 1. The number of para-hydroxylation sites is 1. The van der Waals surface area contributed by atoms with Crippen molar-refractivity contribution in [1.29, 1.82) is 0 Å². The lowest BCUT2D eigenvalue weighted by atomic mass is 10.1. The van der Waals surface area contributed by atoms with E-state index in [1.165, 1.54) is 0 Å². The zero-order valence-corrected chi connectivity index (χ0v) is 19.3. The number of ether oxygens (including phenoxy) is 3. The van der Waals surface area contributed by atoms with E-state index in [0.29, 0.717) is 37.9 Å². The van der Waals surface area contributed by atoms with Crippen molar-refractivity contribution in [2.75, 3.05) is 33.5 Å². The third-order valence-electron chi connectivity index (χ3n) is 5.88. The summed E-state index contributed by atoms with van der Waals surface area (Å²) in [5.41, 5.74) is 2.10. The number of benzene rings is 2. The molecule has 1 saturated heterocycles. The van der Waals surface area contributed by atoms with Crippen LogP contribution < -0.4 is 9.47 Å². The molecule has 1 N–H and O–H groups in total. The Morgan fingerprint density at radius 2 is 1.88 bits per heavy atom. The van der Waals surface area contributed by atoms with Crippen molar-refractivity contribution in [3.05, 3.63) is 66.0 Å². The average Bonchev–Trinajstić information content (AvgIpc) is 3.26. The zero-order valence-electron chi connectivity index (χ0n) is 19.3. The summed E-state index contributed by atoms with van der Waals surface area (Å²) >= 11 is 0. The summed E-state index contributed by atoms with van der Waals surface area (Å²) in [7, 11) is 1.63. The largest absolute Gasteiger partial charge is 0.497 e. The fraction of sp³-hybridized carbons (Fsp3) is 0.385. The Bertz CT molecular complexity index is 1040. The number of aromatic nitrogens is 2. The monoisotopic (exact) mass is 449 g/mol. The maximum absolute atomic E-state index is 13.6. The lowest BCUT2D eigenvalue weighted by Crippen LogP contribution is -2.44. The molecule has 174 valence electrons. The highest BCUT2D eigenvalue weighted by molar-refractivity contribution is 5.94. The van der Waals surface area contributed by atoms with Crippen LogP contribution in [0.1, 0.15) is 35.4 Å². The Kier molecular flexibility index (Phi) is 7.62. The van der Waals surface area contributed by atoms with Gasteiger partial charge in [-0.25, -0.2) is 4.98 Å². The van der Waals surface area contributed by atoms with E-state index in [1.54, 1.807) is 7.11 Å². The second kappa shape index (κ2) is 11.0. The molecule has 0 unspecified atom stereocenters. The van der Waals surface area contributed by atoms with E-state index in [-0.39, 0.29) is 11.9 Å². The summed E-state index contributed by atoms with van der Waals surface area (Å²) in [5.74, 6) is 2.20. The van der Waals surface area contributed by atoms with Crippen LogP contribution in [0.15, 0.2) is 54.6 Å². The number of imidazole rings is 1. The summed E-state index contributed by atoms with van der Waals surface area (Å²) in [6.07, 6.45) is 2.40. The van der Waals surface area contributed by atoms with Crippen LogP contribution in [-0.4, -0.2) is 60.3 Å². The van der Waals surface area contributed by atoms with Crippen molar-refractivity contribution in [3.8, 4) is 22.9 Å². The second-order valence-electron chi connectivity index (χ2n) is 8.15. The Morgan fingerprint density at radius 1 is 1.12 bits per heavy atom. The van der Waals surface area contributed by atoms with Gasteiger partial charge in [0.15, 0.2) is 0 Å². The molecule has 0 saturated carbocycles. The first-order chi connectivity index (χ1) is 16.2. The molecule has 3 aromatic rings. The fourth-order valence-electron chi connectivity index (χ4n) is 4.10. The number of nitrogens with zero attached hydrogens (tertiary/aromatic N) is 2. The van der Waals surface area contributed by atoms with Crippen LogP contribution in [0.4, 0.5) is 0 Å². The topological polar surface area (TPSA) is 76.7 Å². The first-order valence-corrected chi connectivity index (χ1v) is 11.4. The third-order valence-corrected chi connectivity index (χ3v) is 5.88. The minimum atomic E-state index is -0.0514. The van der Waals surface area contributed by atoms with Crippen molar-refractivity contribution >= 4 is 5.91 Å². The van der Waals surface area contributed by atoms with E-state index in [9.17, 15) is 4.79 Å². The number of rotatable bonds is 9.